The van der Waals surface area contributed by atoms with Crippen molar-refractivity contribution in [3.63, 3.8) is 0 Å². The maximum absolute atomic E-state index is 13.3. The first-order chi connectivity index (χ1) is 14.2. The Bertz CT molecular complexity index is 1150. The number of thioether (sulfide) groups is 1. The van der Waals surface area contributed by atoms with E-state index in [0.717, 1.165) is 16.2 Å². The molecule has 0 amide bonds. The summed E-state index contributed by atoms with van der Waals surface area (Å²) in [6.07, 6.45) is 10.3. The maximum atomic E-state index is 13.3. The molecule has 1 aromatic carbocycles. The van der Waals surface area contributed by atoms with E-state index in [0.29, 0.717) is 29.0 Å². The Morgan fingerprint density at radius 3 is 3.00 bits per heavy atom. The second-order valence-corrected chi connectivity index (χ2v) is 9.61. The number of pyridine rings is 1. The highest BCUT2D eigenvalue weighted by atomic mass is 32.2. The molecule has 8 heteroatoms. The predicted molar refractivity (Wildman–Crippen MR) is 119 cm³/mol. The highest BCUT2D eigenvalue weighted by Gasteiger charge is 2.25. The second kappa shape index (κ2) is 7.91. The van der Waals surface area contributed by atoms with E-state index >= 15 is 0 Å². The second-order valence-electron chi connectivity index (χ2n) is 7.50. The van der Waals surface area contributed by atoms with Gasteiger partial charge in [-0.3, -0.25) is 0 Å². The smallest absolute Gasteiger partial charge is 0.184 e. The molecule has 5 rings (SSSR count). The largest absolute Gasteiger partial charge is 0.358 e. The molecule has 3 aromatic heterocycles. The van der Waals surface area contributed by atoms with Crippen LogP contribution in [0.5, 0.6) is 0 Å². The number of nitrogens with one attached hydrogen (secondary N) is 1. The summed E-state index contributed by atoms with van der Waals surface area (Å²) in [5.41, 5.74) is 3.44. The van der Waals surface area contributed by atoms with Gasteiger partial charge in [-0.05, 0) is 36.8 Å². The van der Waals surface area contributed by atoms with Gasteiger partial charge in [-0.25, -0.2) is 19.3 Å². The zero-order valence-corrected chi connectivity index (χ0v) is 17.8. The molecular weight excluding hydrogens is 405 g/mol. The topological polar surface area (TPSA) is 55.6 Å². The van der Waals surface area contributed by atoms with Crippen LogP contribution in [-0.2, 0) is 6.54 Å². The van der Waals surface area contributed by atoms with Gasteiger partial charge in [-0.2, -0.15) is 11.8 Å². The van der Waals surface area contributed by atoms with Crippen LogP contribution in [0.15, 0.2) is 36.8 Å². The predicted octanol–water partition coefficient (Wildman–Crippen LogP) is 5.31. The lowest BCUT2D eigenvalue weighted by Gasteiger charge is -2.30. The minimum absolute atomic E-state index is 0.365. The van der Waals surface area contributed by atoms with E-state index in [4.69, 9.17) is 4.98 Å². The van der Waals surface area contributed by atoms with Gasteiger partial charge >= 0.3 is 0 Å². The van der Waals surface area contributed by atoms with Gasteiger partial charge in [0.15, 0.2) is 10.8 Å². The number of thiazole rings is 1. The number of rotatable bonds is 5. The molecule has 29 heavy (non-hydrogen) atoms. The SMILES string of the molecule is CS[C@@H]1CCCC[C@H]1Nc1nc2ccc(Cn3cnc4cc(F)cnc43)cc2s1. The summed E-state index contributed by atoms with van der Waals surface area (Å²) in [5.74, 6) is -0.365. The molecular formula is C21H22FN5S2. The molecule has 0 unspecified atom stereocenters. The van der Waals surface area contributed by atoms with E-state index in [1.165, 1.54) is 42.6 Å². The quantitative estimate of drug-likeness (QED) is 0.467. The van der Waals surface area contributed by atoms with Crippen LogP contribution in [0.1, 0.15) is 31.2 Å². The minimum atomic E-state index is -0.365. The number of hydrogen-bond acceptors (Lipinski definition) is 6. The van der Waals surface area contributed by atoms with Crippen molar-refractivity contribution in [3.05, 3.63) is 48.2 Å². The average molecular weight is 428 g/mol. The number of nitrogens with zero attached hydrogens (tertiary/aromatic N) is 4. The molecule has 0 spiro atoms. The molecule has 0 aliphatic heterocycles. The summed E-state index contributed by atoms with van der Waals surface area (Å²) in [6, 6.07) is 8.26. The van der Waals surface area contributed by atoms with Gasteiger partial charge in [0.2, 0.25) is 0 Å². The summed E-state index contributed by atoms with van der Waals surface area (Å²) in [5, 5.41) is 5.36. The number of imidazole rings is 1. The summed E-state index contributed by atoms with van der Waals surface area (Å²) >= 11 is 3.68. The third-order valence-corrected chi connectivity index (χ3v) is 7.66. The van der Waals surface area contributed by atoms with Crippen LogP contribution in [-0.4, -0.2) is 37.1 Å². The number of hydrogen-bond donors (Lipinski definition) is 1. The van der Waals surface area contributed by atoms with Crippen molar-refractivity contribution in [2.75, 3.05) is 11.6 Å². The van der Waals surface area contributed by atoms with Gasteiger partial charge in [-0.1, -0.05) is 30.2 Å². The normalized spacial score (nSPS) is 19.8. The Morgan fingerprint density at radius 2 is 2.10 bits per heavy atom. The Balaban J connectivity index is 1.37. The van der Waals surface area contributed by atoms with Crippen LogP contribution in [0, 0.1) is 5.82 Å². The lowest BCUT2D eigenvalue weighted by Crippen LogP contribution is -2.34. The summed E-state index contributed by atoms with van der Waals surface area (Å²) < 4.78 is 16.5. The van der Waals surface area contributed by atoms with Crippen molar-refractivity contribution in [2.45, 2.75) is 43.5 Å². The molecule has 150 valence electrons. The van der Waals surface area contributed by atoms with Crippen LogP contribution < -0.4 is 5.32 Å². The van der Waals surface area contributed by atoms with Gasteiger partial charge in [-0.15, -0.1) is 0 Å². The molecule has 1 N–H and O–H groups in total. The highest BCUT2D eigenvalue weighted by molar-refractivity contribution is 7.99. The lowest BCUT2D eigenvalue weighted by molar-refractivity contribution is 0.475. The van der Waals surface area contributed by atoms with Gasteiger partial charge in [0.1, 0.15) is 11.3 Å². The number of anilines is 1. The fourth-order valence-corrected chi connectivity index (χ4v) is 5.99. The summed E-state index contributed by atoms with van der Waals surface area (Å²) in [7, 11) is 0. The van der Waals surface area contributed by atoms with Gasteiger partial charge < -0.3 is 9.88 Å². The number of aromatic nitrogens is 4. The van der Waals surface area contributed by atoms with E-state index < -0.39 is 0 Å². The van der Waals surface area contributed by atoms with E-state index in [1.807, 2.05) is 16.3 Å². The first-order valence-electron chi connectivity index (χ1n) is 9.85. The van der Waals surface area contributed by atoms with E-state index in [2.05, 4.69) is 39.7 Å². The Kier molecular flexibility index (Phi) is 5.13. The summed E-state index contributed by atoms with van der Waals surface area (Å²) in [4.78, 5) is 13.2. The van der Waals surface area contributed by atoms with Gasteiger partial charge in [0.25, 0.3) is 0 Å². The van der Waals surface area contributed by atoms with Crippen molar-refractivity contribution >= 4 is 49.6 Å². The molecule has 2 atom stereocenters. The van der Waals surface area contributed by atoms with Crippen molar-refractivity contribution in [1.29, 1.82) is 0 Å². The van der Waals surface area contributed by atoms with Crippen LogP contribution in [0.4, 0.5) is 9.52 Å². The zero-order chi connectivity index (χ0) is 19.8. The highest BCUT2D eigenvalue weighted by Crippen LogP contribution is 2.33. The van der Waals surface area contributed by atoms with E-state index in [-0.39, 0.29) is 5.82 Å². The van der Waals surface area contributed by atoms with Crippen LogP contribution in [0.2, 0.25) is 0 Å². The van der Waals surface area contributed by atoms with Crippen molar-refractivity contribution < 1.29 is 4.39 Å². The fraction of sp³-hybridized carbons (Fsp3) is 0.381. The molecule has 4 aromatic rings. The first kappa shape index (κ1) is 18.8. The zero-order valence-electron chi connectivity index (χ0n) is 16.1. The Hall–Kier alpha value is -2.19. The van der Waals surface area contributed by atoms with Gasteiger partial charge in [0, 0.05) is 17.4 Å². The third kappa shape index (κ3) is 3.83. The fourth-order valence-electron chi connectivity index (χ4n) is 4.07. The maximum Gasteiger partial charge on any atom is 0.184 e. The molecule has 1 saturated carbocycles. The van der Waals surface area contributed by atoms with Crippen LogP contribution in [0.3, 0.4) is 0 Å². The lowest BCUT2D eigenvalue weighted by atomic mass is 9.95. The molecule has 1 fully saturated rings. The molecule has 0 radical (unpaired) electrons. The van der Waals surface area contributed by atoms with Crippen molar-refractivity contribution in [3.8, 4) is 0 Å². The third-order valence-electron chi connectivity index (χ3n) is 5.54. The molecule has 3 heterocycles. The Morgan fingerprint density at radius 1 is 1.21 bits per heavy atom. The summed E-state index contributed by atoms with van der Waals surface area (Å²) in [6.45, 7) is 0.642. The van der Waals surface area contributed by atoms with Crippen molar-refractivity contribution in [1.82, 2.24) is 19.5 Å². The van der Waals surface area contributed by atoms with E-state index in [1.54, 1.807) is 17.7 Å². The Labute approximate surface area is 176 Å². The molecule has 5 nitrogen and oxygen atoms in total. The molecule has 1 aliphatic carbocycles. The number of benzene rings is 1. The van der Waals surface area contributed by atoms with E-state index in [9.17, 15) is 4.39 Å². The number of fused-ring (bicyclic) bond motifs is 2. The van der Waals surface area contributed by atoms with Crippen molar-refractivity contribution in [2.24, 2.45) is 0 Å². The van der Waals surface area contributed by atoms with Crippen LogP contribution >= 0.6 is 23.1 Å². The van der Waals surface area contributed by atoms with Gasteiger partial charge in [0.05, 0.1) is 29.3 Å². The average Bonchev–Trinajstić information content (AvgIpc) is 3.31. The molecule has 0 saturated heterocycles. The van der Waals surface area contributed by atoms with Crippen LogP contribution in [0.25, 0.3) is 21.4 Å². The standard InChI is InChI=1S/C21H22FN5S2/c1-28-18-5-3-2-4-15(18)25-21-26-16-7-6-13(8-19(16)29-21)11-27-12-24-17-9-14(22)10-23-20(17)27/h6-10,12,15,18H,2-5,11H2,1H3,(H,25,26)/t15-,18-/m1/s1. The number of halogens is 1. The minimum Gasteiger partial charge on any atom is -0.358 e. The molecule has 1 aliphatic rings. The first-order valence-corrected chi connectivity index (χ1v) is 12.0. The monoisotopic (exact) mass is 427 g/mol. The molecule has 0 bridgehead atoms.